The molecule has 3 N–H and O–H groups in total. The summed E-state index contributed by atoms with van der Waals surface area (Å²) >= 11 is 0. The Bertz CT molecular complexity index is 530. The smallest absolute Gasteiger partial charge is 0.236 e. The number of likely N-dealkylation sites (tertiary alicyclic amines) is 1. The molecule has 1 amide bonds. The van der Waals surface area contributed by atoms with Gasteiger partial charge in [-0.2, -0.15) is 0 Å². The molecule has 2 unspecified atom stereocenters. The molecule has 114 valence electrons. The van der Waals surface area contributed by atoms with E-state index in [1.54, 1.807) is 6.92 Å². The molecule has 1 aliphatic heterocycles. The second-order valence-electron chi connectivity index (χ2n) is 5.82. The zero-order valence-corrected chi connectivity index (χ0v) is 12.6. The number of rotatable bonds is 4. The van der Waals surface area contributed by atoms with Crippen molar-refractivity contribution in [1.29, 1.82) is 0 Å². The summed E-state index contributed by atoms with van der Waals surface area (Å²) in [5.74, 6) is 0.292. The van der Waals surface area contributed by atoms with Crippen LogP contribution in [0.15, 0.2) is 35.5 Å². The Balaban J connectivity index is 2.12. The maximum atomic E-state index is 12.7. The van der Waals surface area contributed by atoms with Gasteiger partial charge in [-0.15, -0.1) is 0 Å². The van der Waals surface area contributed by atoms with Crippen molar-refractivity contribution >= 4 is 11.7 Å². The number of oxime groups is 1. The summed E-state index contributed by atoms with van der Waals surface area (Å²) in [6.45, 7) is 5.02. The zero-order valence-electron chi connectivity index (χ0n) is 12.6. The van der Waals surface area contributed by atoms with E-state index in [0.717, 1.165) is 6.42 Å². The van der Waals surface area contributed by atoms with E-state index in [-0.39, 0.29) is 11.7 Å². The Morgan fingerprint density at radius 1 is 1.48 bits per heavy atom. The fourth-order valence-electron chi connectivity index (χ4n) is 2.84. The lowest BCUT2D eigenvalue weighted by Gasteiger charge is -2.30. The summed E-state index contributed by atoms with van der Waals surface area (Å²) < 4.78 is 0. The van der Waals surface area contributed by atoms with Crippen LogP contribution in [0.4, 0.5) is 0 Å². The van der Waals surface area contributed by atoms with Gasteiger partial charge in [0.2, 0.25) is 5.91 Å². The molecule has 1 fully saturated rings. The molecule has 1 aromatic rings. The van der Waals surface area contributed by atoms with Crippen LogP contribution in [0.25, 0.3) is 0 Å². The first-order valence-electron chi connectivity index (χ1n) is 7.35. The average molecular weight is 289 g/mol. The Hall–Kier alpha value is -2.04. The fourth-order valence-corrected chi connectivity index (χ4v) is 2.84. The average Bonchev–Trinajstić information content (AvgIpc) is 3.03. The number of benzene rings is 1. The van der Waals surface area contributed by atoms with E-state index in [1.165, 1.54) is 5.56 Å². The minimum Gasteiger partial charge on any atom is -0.409 e. The van der Waals surface area contributed by atoms with E-state index in [0.29, 0.717) is 25.4 Å². The van der Waals surface area contributed by atoms with Gasteiger partial charge in [-0.25, -0.2) is 0 Å². The van der Waals surface area contributed by atoms with Crippen LogP contribution in [0.2, 0.25) is 0 Å². The first-order chi connectivity index (χ1) is 10.0. The van der Waals surface area contributed by atoms with Gasteiger partial charge in [0.1, 0.15) is 5.41 Å². The van der Waals surface area contributed by atoms with Crippen LogP contribution in [0, 0.1) is 5.41 Å². The maximum Gasteiger partial charge on any atom is 0.236 e. The zero-order chi connectivity index (χ0) is 15.5. The van der Waals surface area contributed by atoms with Gasteiger partial charge in [-0.1, -0.05) is 42.4 Å². The summed E-state index contributed by atoms with van der Waals surface area (Å²) in [7, 11) is 0. The minimum absolute atomic E-state index is 0.0156. The monoisotopic (exact) mass is 289 g/mol. The van der Waals surface area contributed by atoms with E-state index < -0.39 is 5.41 Å². The van der Waals surface area contributed by atoms with Crippen LogP contribution >= 0.6 is 0 Å². The van der Waals surface area contributed by atoms with Gasteiger partial charge in [0.15, 0.2) is 5.84 Å². The summed E-state index contributed by atoms with van der Waals surface area (Å²) in [5, 5.41) is 12.0. The molecule has 5 heteroatoms. The van der Waals surface area contributed by atoms with Gasteiger partial charge in [-0.05, 0) is 25.3 Å². The first-order valence-corrected chi connectivity index (χ1v) is 7.35. The van der Waals surface area contributed by atoms with Gasteiger partial charge in [0, 0.05) is 19.0 Å². The van der Waals surface area contributed by atoms with Gasteiger partial charge in [0.25, 0.3) is 0 Å². The van der Waals surface area contributed by atoms with Crippen LogP contribution < -0.4 is 5.73 Å². The molecule has 0 aliphatic carbocycles. The quantitative estimate of drug-likeness (QED) is 0.386. The van der Waals surface area contributed by atoms with Crippen molar-refractivity contribution in [2.24, 2.45) is 16.3 Å². The normalized spacial score (nSPS) is 22.1. The summed E-state index contributed by atoms with van der Waals surface area (Å²) in [6, 6.07) is 10.2. The van der Waals surface area contributed by atoms with E-state index in [1.807, 2.05) is 30.0 Å². The number of nitrogens with two attached hydrogens (primary N) is 1. The molecular weight excluding hydrogens is 266 g/mol. The van der Waals surface area contributed by atoms with E-state index in [4.69, 9.17) is 10.9 Å². The Kier molecular flexibility index (Phi) is 4.50. The highest BCUT2D eigenvalue weighted by Gasteiger charge is 2.41. The molecule has 0 radical (unpaired) electrons. The highest BCUT2D eigenvalue weighted by molar-refractivity contribution is 6.06. The van der Waals surface area contributed by atoms with Crippen LogP contribution in [-0.4, -0.2) is 34.9 Å². The fraction of sp³-hybridized carbons (Fsp3) is 0.500. The predicted octanol–water partition coefficient (Wildman–Crippen LogP) is 2.17. The second-order valence-corrected chi connectivity index (χ2v) is 5.82. The largest absolute Gasteiger partial charge is 0.409 e. The number of amides is 1. The number of carbonyl (C=O) groups excluding carboxylic acids is 1. The lowest BCUT2D eigenvalue weighted by Crippen LogP contribution is -2.48. The number of carbonyl (C=O) groups is 1. The molecular formula is C16H23N3O2. The van der Waals surface area contributed by atoms with Crippen molar-refractivity contribution in [3.63, 3.8) is 0 Å². The standard InChI is InChI=1S/C16H23N3O2/c1-3-16(2,14(17)18-21)15(20)19-10-9-13(11-19)12-7-5-4-6-8-12/h4-8,13,21H,3,9-11H2,1-2H3,(H2,17,18). The van der Waals surface area contributed by atoms with Gasteiger partial charge in [-0.3, -0.25) is 4.79 Å². The summed E-state index contributed by atoms with van der Waals surface area (Å²) in [4.78, 5) is 14.6. The van der Waals surface area contributed by atoms with Crippen LogP contribution in [0.5, 0.6) is 0 Å². The molecule has 0 bridgehead atoms. The number of hydrogen-bond acceptors (Lipinski definition) is 3. The molecule has 1 saturated heterocycles. The Labute approximate surface area is 125 Å². The van der Waals surface area contributed by atoms with Crippen molar-refractivity contribution in [2.45, 2.75) is 32.6 Å². The van der Waals surface area contributed by atoms with Crippen molar-refractivity contribution in [3.05, 3.63) is 35.9 Å². The molecule has 0 spiro atoms. The molecule has 0 aromatic heterocycles. The Morgan fingerprint density at radius 3 is 2.71 bits per heavy atom. The molecule has 5 nitrogen and oxygen atoms in total. The molecule has 2 rings (SSSR count). The molecule has 2 atom stereocenters. The maximum absolute atomic E-state index is 12.7. The van der Waals surface area contributed by atoms with E-state index in [9.17, 15) is 4.79 Å². The first kappa shape index (κ1) is 15.4. The third-order valence-corrected chi connectivity index (χ3v) is 4.60. The van der Waals surface area contributed by atoms with Crippen LogP contribution in [0.3, 0.4) is 0 Å². The van der Waals surface area contributed by atoms with Crippen LogP contribution in [0.1, 0.15) is 38.2 Å². The van der Waals surface area contributed by atoms with Crippen molar-refractivity contribution in [2.75, 3.05) is 13.1 Å². The van der Waals surface area contributed by atoms with Gasteiger partial charge in [0.05, 0.1) is 0 Å². The van der Waals surface area contributed by atoms with Gasteiger partial charge < -0.3 is 15.8 Å². The summed E-state index contributed by atoms with van der Waals surface area (Å²) in [5.41, 5.74) is 6.06. The lowest BCUT2D eigenvalue weighted by molar-refractivity contribution is -0.136. The topological polar surface area (TPSA) is 78.9 Å². The lowest BCUT2D eigenvalue weighted by atomic mass is 9.84. The Morgan fingerprint density at radius 2 is 2.14 bits per heavy atom. The van der Waals surface area contributed by atoms with E-state index in [2.05, 4.69) is 17.3 Å². The highest BCUT2D eigenvalue weighted by atomic mass is 16.4. The molecule has 1 heterocycles. The van der Waals surface area contributed by atoms with Crippen molar-refractivity contribution in [3.8, 4) is 0 Å². The predicted molar refractivity (Wildman–Crippen MR) is 82.2 cm³/mol. The number of nitrogens with zero attached hydrogens (tertiary/aromatic N) is 2. The third-order valence-electron chi connectivity index (χ3n) is 4.60. The molecule has 1 aromatic carbocycles. The molecule has 1 aliphatic rings. The van der Waals surface area contributed by atoms with Gasteiger partial charge >= 0.3 is 0 Å². The van der Waals surface area contributed by atoms with Crippen LogP contribution in [-0.2, 0) is 4.79 Å². The number of hydrogen-bond donors (Lipinski definition) is 2. The summed E-state index contributed by atoms with van der Waals surface area (Å²) in [6.07, 6.45) is 1.46. The minimum atomic E-state index is -0.930. The molecule has 21 heavy (non-hydrogen) atoms. The van der Waals surface area contributed by atoms with Crippen molar-refractivity contribution < 1.29 is 10.0 Å². The second kappa shape index (κ2) is 6.16. The molecule has 0 saturated carbocycles. The SMILES string of the molecule is CCC(C)(C(=O)N1CCC(c2ccccc2)C1)/C(N)=N/O. The number of amidine groups is 1. The van der Waals surface area contributed by atoms with Crippen molar-refractivity contribution in [1.82, 2.24) is 4.90 Å². The van der Waals surface area contributed by atoms with E-state index >= 15 is 0 Å². The highest BCUT2D eigenvalue weighted by Crippen LogP contribution is 2.32. The third kappa shape index (κ3) is 2.86.